The van der Waals surface area contributed by atoms with E-state index < -0.39 is 0 Å². The molecule has 1 unspecified atom stereocenters. The molecule has 0 amide bonds. The maximum atomic E-state index is 6.05. The second-order valence-electron chi connectivity index (χ2n) is 4.56. The van der Waals surface area contributed by atoms with Crippen molar-refractivity contribution in [3.63, 3.8) is 0 Å². The van der Waals surface area contributed by atoms with Crippen LogP contribution in [0.1, 0.15) is 23.6 Å². The van der Waals surface area contributed by atoms with Crippen LogP contribution in [-0.2, 0) is 6.42 Å². The number of anilines is 1. The van der Waals surface area contributed by atoms with Gasteiger partial charge in [-0.1, -0.05) is 45.7 Å². The highest BCUT2D eigenvalue weighted by Gasteiger charge is 2.20. The molecular formula is C15H13BrClN. The molecule has 0 aromatic heterocycles. The van der Waals surface area contributed by atoms with Crippen LogP contribution >= 0.6 is 27.5 Å². The van der Waals surface area contributed by atoms with Gasteiger partial charge in [-0.25, -0.2) is 0 Å². The van der Waals surface area contributed by atoms with E-state index in [2.05, 4.69) is 45.5 Å². The van der Waals surface area contributed by atoms with Crippen LogP contribution < -0.4 is 5.32 Å². The Hall–Kier alpha value is -0.990. The maximum Gasteiger partial charge on any atom is 0.0517 e. The van der Waals surface area contributed by atoms with Gasteiger partial charge in [-0.05, 0) is 48.2 Å². The number of hydrogen-bond donors (Lipinski definition) is 1. The monoisotopic (exact) mass is 321 g/mol. The molecule has 1 N–H and O–H groups in total. The Balaban J connectivity index is 1.91. The summed E-state index contributed by atoms with van der Waals surface area (Å²) in [6.45, 7) is 0. The van der Waals surface area contributed by atoms with Gasteiger partial charge < -0.3 is 5.32 Å². The average molecular weight is 323 g/mol. The van der Waals surface area contributed by atoms with Crippen LogP contribution in [0.15, 0.2) is 46.9 Å². The van der Waals surface area contributed by atoms with Crippen molar-refractivity contribution in [2.45, 2.75) is 18.9 Å². The number of rotatable bonds is 1. The highest BCUT2D eigenvalue weighted by atomic mass is 79.9. The Morgan fingerprint density at radius 1 is 1.17 bits per heavy atom. The molecule has 1 nitrogen and oxygen atoms in total. The molecule has 0 bridgehead atoms. The van der Waals surface area contributed by atoms with Crippen LogP contribution in [0.4, 0.5) is 5.69 Å². The van der Waals surface area contributed by atoms with Gasteiger partial charge in [-0.15, -0.1) is 0 Å². The summed E-state index contributed by atoms with van der Waals surface area (Å²) >= 11 is 9.66. The molecule has 2 aromatic carbocycles. The first-order valence-corrected chi connectivity index (χ1v) is 7.20. The summed E-state index contributed by atoms with van der Waals surface area (Å²) in [5.41, 5.74) is 3.85. The number of hydrogen-bond acceptors (Lipinski definition) is 1. The van der Waals surface area contributed by atoms with E-state index >= 15 is 0 Å². The average Bonchev–Trinajstić information content (AvgIpc) is 2.39. The van der Waals surface area contributed by atoms with Gasteiger partial charge in [0.2, 0.25) is 0 Å². The smallest absolute Gasteiger partial charge is 0.0517 e. The normalized spacial score (nSPS) is 18.0. The zero-order valence-electron chi connectivity index (χ0n) is 9.79. The summed E-state index contributed by atoms with van der Waals surface area (Å²) in [4.78, 5) is 0. The third-order valence-corrected chi connectivity index (χ3v) is 4.36. The van der Waals surface area contributed by atoms with Gasteiger partial charge in [0.15, 0.2) is 0 Å². The molecule has 1 atom stereocenters. The van der Waals surface area contributed by atoms with Crippen LogP contribution in [0, 0.1) is 0 Å². The summed E-state index contributed by atoms with van der Waals surface area (Å²) in [6.07, 6.45) is 2.18. The largest absolute Gasteiger partial charge is 0.378 e. The minimum absolute atomic E-state index is 0.352. The topological polar surface area (TPSA) is 12.0 Å². The Bertz CT molecular complexity index is 582. The molecule has 1 aliphatic heterocycles. The molecule has 0 saturated carbocycles. The fourth-order valence-corrected chi connectivity index (χ4v) is 3.23. The molecule has 0 aliphatic carbocycles. The Kier molecular flexibility index (Phi) is 3.31. The third kappa shape index (κ3) is 2.27. The van der Waals surface area contributed by atoms with E-state index in [4.69, 9.17) is 11.6 Å². The van der Waals surface area contributed by atoms with Crippen molar-refractivity contribution < 1.29 is 0 Å². The second-order valence-corrected chi connectivity index (χ2v) is 5.85. The predicted molar refractivity (Wildman–Crippen MR) is 80.3 cm³/mol. The standard InChI is InChI=1S/C15H13BrClN/c16-13-5-2-6-15-12(13)7-8-14(18-15)10-3-1-4-11(17)9-10/h1-6,9,14,18H,7-8H2. The van der Waals surface area contributed by atoms with Gasteiger partial charge in [0, 0.05) is 15.2 Å². The summed E-state index contributed by atoms with van der Waals surface area (Å²) in [6, 6.07) is 14.8. The lowest BCUT2D eigenvalue weighted by atomic mass is 9.93. The number of nitrogens with one attached hydrogen (secondary N) is 1. The fraction of sp³-hybridized carbons (Fsp3) is 0.200. The molecule has 1 heterocycles. The molecule has 2 aromatic rings. The lowest BCUT2D eigenvalue weighted by molar-refractivity contribution is 0.666. The van der Waals surface area contributed by atoms with Crippen LogP contribution in [0.5, 0.6) is 0 Å². The summed E-state index contributed by atoms with van der Waals surface area (Å²) in [5.74, 6) is 0. The van der Waals surface area contributed by atoms with Crippen LogP contribution in [0.25, 0.3) is 0 Å². The van der Waals surface area contributed by atoms with E-state index in [0.29, 0.717) is 6.04 Å². The van der Waals surface area contributed by atoms with Crippen molar-refractivity contribution in [2.24, 2.45) is 0 Å². The van der Waals surface area contributed by atoms with E-state index in [-0.39, 0.29) is 0 Å². The number of halogens is 2. The van der Waals surface area contributed by atoms with Crippen LogP contribution in [0.2, 0.25) is 5.02 Å². The molecule has 18 heavy (non-hydrogen) atoms. The van der Waals surface area contributed by atoms with E-state index in [1.807, 2.05) is 18.2 Å². The van der Waals surface area contributed by atoms with Gasteiger partial charge in [0.25, 0.3) is 0 Å². The molecule has 0 saturated heterocycles. The quantitative estimate of drug-likeness (QED) is 0.760. The maximum absolute atomic E-state index is 6.05. The molecular weight excluding hydrogens is 310 g/mol. The Labute approximate surface area is 120 Å². The van der Waals surface area contributed by atoms with Gasteiger partial charge in [0.05, 0.1) is 6.04 Å². The van der Waals surface area contributed by atoms with Crippen molar-refractivity contribution in [3.8, 4) is 0 Å². The van der Waals surface area contributed by atoms with E-state index in [9.17, 15) is 0 Å². The Morgan fingerprint density at radius 3 is 2.83 bits per heavy atom. The highest BCUT2D eigenvalue weighted by molar-refractivity contribution is 9.10. The van der Waals surface area contributed by atoms with Crippen molar-refractivity contribution in [3.05, 3.63) is 63.1 Å². The van der Waals surface area contributed by atoms with Crippen molar-refractivity contribution in [1.29, 1.82) is 0 Å². The summed E-state index contributed by atoms with van der Waals surface area (Å²) < 4.78 is 1.19. The molecule has 0 fully saturated rings. The molecule has 3 heteroatoms. The van der Waals surface area contributed by atoms with Gasteiger partial charge in [0.1, 0.15) is 0 Å². The Morgan fingerprint density at radius 2 is 2.00 bits per heavy atom. The van der Waals surface area contributed by atoms with Gasteiger partial charge in [-0.2, -0.15) is 0 Å². The van der Waals surface area contributed by atoms with Crippen LogP contribution in [0.3, 0.4) is 0 Å². The lowest BCUT2D eigenvalue weighted by Gasteiger charge is -2.28. The molecule has 92 valence electrons. The highest BCUT2D eigenvalue weighted by Crippen LogP contribution is 2.36. The van der Waals surface area contributed by atoms with Crippen molar-refractivity contribution in [1.82, 2.24) is 0 Å². The second kappa shape index (κ2) is 4.94. The van der Waals surface area contributed by atoms with Crippen molar-refractivity contribution in [2.75, 3.05) is 5.32 Å². The first kappa shape index (κ1) is 12.1. The lowest BCUT2D eigenvalue weighted by Crippen LogP contribution is -2.18. The number of fused-ring (bicyclic) bond motifs is 1. The molecule has 0 spiro atoms. The van der Waals surface area contributed by atoms with E-state index in [0.717, 1.165) is 17.9 Å². The van der Waals surface area contributed by atoms with Gasteiger partial charge in [-0.3, -0.25) is 0 Å². The number of benzene rings is 2. The van der Waals surface area contributed by atoms with E-state index in [1.165, 1.54) is 21.3 Å². The van der Waals surface area contributed by atoms with Crippen molar-refractivity contribution >= 4 is 33.2 Å². The fourth-order valence-electron chi connectivity index (χ4n) is 2.47. The third-order valence-electron chi connectivity index (χ3n) is 3.38. The molecule has 3 rings (SSSR count). The minimum atomic E-state index is 0.352. The van der Waals surface area contributed by atoms with Crippen LogP contribution in [-0.4, -0.2) is 0 Å². The summed E-state index contributed by atoms with van der Waals surface area (Å²) in [5, 5.41) is 4.39. The molecule has 1 aliphatic rings. The predicted octanol–water partition coefficient (Wildman–Crippen LogP) is 5.20. The zero-order valence-corrected chi connectivity index (χ0v) is 12.1. The summed E-state index contributed by atoms with van der Waals surface area (Å²) in [7, 11) is 0. The zero-order chi connectivity index (χ0) is 12.5. The van der Waals surface area contributed by atoms with E-state index in [1.54, 1.807) is 0 Å². The molecule has 0 radical (unpaired) electrons. The van der Waals surface area contributed by atoms with Gasteiger partial charge >= 0.3 is 0 Å². The first-order valence-electron chi connectivity index (χ1n) is 6.03. The SMILES string of the molecule is Clc1cccc(C2CCc3c(Br)cccc3N2)c1. The first-order chi connectivity index (χ1) is 8.74. The minimum Gasteiger partial charge on any atom is -0.378 e.